The Labute approximate surface area is 104 Å². The summed E-state index contributed by atoms with van der Waals surface area (Å²) in [4.78, 5) is 23.4. The molecule has 0 aromatic rings. The predicted octanol–water partition coefficient (Wildman–Crippen LogP) is 1.32. The Bertz CT molecular complexity index is 232. The maximum absolute atomic E-state index is 11.6. The Hall–Kier alpha value is -1.10. The van der Waals surface area contributed by atoms with Crippen molar-refractivity contribution < 1.29 is 14.7 Å². The average Bonchev–Trinajstić information content (AvgIpc) is 2.26. The van der Waals surface area contributed by atoms with Crippen molar-refractivity contribution in [3.63, 3.8) is 0 Å². The smallest absolute Gasteiger partial charge is 0.222 e. The summed E-state index contributed by atoms with van der Waals surface area (Å²) in [5, 5.41) is 10.6. The third-order valence-electron chi connectivity index (χ3n) is 2.81. The first kappa shape index (κ1) is 18.3. The monoisotopic (exact) mass is 246 g/mol. The summed E-state index contributed by atoms with van der Waals surface area (Å²) in [7, 11) is 1.51. The van der Waals surface area contributed by atoms with Crippen LogP contribution in [0.2, 0.25) is 0 Å². The lowest BCUT2D eigenvalue weighted by Gasteiger charge is -2.25. The highest BCUT2D eigenvalue weighted by molar-refractivity contribution is 5.82. The van der Waals surface area contributed by atoms with E-state index in [1.54, 1.807) is 0 Å². The number of carboxylic acids is 1. The van der Waals surface area contributed by atoms with Crippen molar-refractivity contribution in [3.8, 4) is 0 Å². The van der Waals surface area contributed by atoms with Crippen LogP contribution in [0.3, 0.4) is 0 Å². The number of unbranched alkanes of at least 4 members (excludes halogenated alkanes) is 4. The van der Waals surface area contributed by atoms with Crippen molar-refractivity contribution in [2.45, 2.75) is 58.4 Å². The predicted molar refractivity (Wildman–Crippen MR) is 66.6 cm³/mol. The zero-order valence-electron chi connectivity index (χ0n) is 11.5. The van der Waals surface area contributed by atoms with Gasteiger partial charge in [-0.05, 0) is 13.3 Å². The fraction of sp³-hybridized carbons (Fsp3) is 0.833. The molecule has 0 rings (SSSR count). The topological polar surface area (TPSA) is 96.9 Å². The van der Waals surface area contributed by atoms with Crippen molar-refractivity contribution >= 4 is 11.9 Å². The van der Waals surface area contributed by atoms with Crippen LogP contribution in [0.5, 0.6) is 0 Å². The quantitative estimate of drug-likeness (QED) is 0.654. The van der Waals surface area contributed by atoms with E-state index < -0.39 is 12.0 Å². The highest BCUT2D eigenvalue weighted by Crippen LogP contribution is 2.07. The van der Waals surface area contributed by atoms with Crippen molar-refractivity contribution in [3.05, 3.63) is 0 Å². The molecule has 0 heterocycles. The summed E-state index contributed by atoms with van der Waals surface area (Å²) in [5.74, 6) is -1.32. The Morgan fingerprint density at radius 2 is 1.71 bits per heavy atom. The molecule has 0 aliphatic heterocycles. The minimum Gasteiger partial charge on any atom is -0.548 e. The molecular weight excluding hydrogens is 220 g/mol. The fourth-order valence-electron chi connectivity index (χ4n) is 1.43. The summed E-state index contributed by atoms with van der Waals surface area (Å²) in [6.45, 7) is 3.60. The second-order valence-electron chi connectivity index (χ2n) is 4.16. The third kappa shape index (κ3) is 7.74. The molecule has 0 fully saturated rings. The van der Waals surface area contributed by atoms with E-state index in [0.29, 0.717) is 6.42 Å². The first-order valence-corrected chi connectivity index (χ1v) is 5.97. The van der Waals surface area contributed by atoms with E-state index in [0.717, 1.165) is 19.3 Å². The second kappa shape index (κ2) is 10.1. The average molecular weight is 246 g/mol. The molecule has 0 aliphatic carbocycles. The number of carbonyl (C=O) groups is 2. The summed E-state index contributed by atoms with van der Waals surface area (Å²) >= 11 is 0. The molecule has 0 saturated carbocycles. The molecule has 102 valence electrons. The number of nitrogens with zero attached hydrogens (tertiary/aromatic N) is 1. The SMILES string of the molecule is CCCCCCCC(=O)N(C)[C@@H](C)C(=O)[O-].[NH4+]. The standard InChI is InChI=1S/C12H23NO3.H3N/c1-4-5-6-7-8-9-11(14)13(3)10(2)12(15)16;/h10H,4-9H2,1-3H3,(H,15,16);1H3/t10-;/m0./s1. The van der Waals surface area contributed by atoms with Crippen molar-refractivity contribution in [1.82, 2.24) is 11.1 Å². The van der Waals surface area contributed by atoms with Gasteiger partial charge in [0.1, 0.15) is 0 Å². The van der Waals surface area contributed by atoms with Crippen LogP contribution in [0.1, 0.15) is 52.4 Å². The minimum absolute atomic E-state index is 0. The van der Waals surface area contributed by atoms with Gasteiger partial charge in [0.25, 0.3) is 0 Å². The first-order valence-electron chi connectivity index (χ1n) is 5.97. The van der Waals surface area contributed by atoms with Crippen LogP contribution in [0.4, 0.5) is 0 Å². The molecule has 0 bridgehead atoms. The molecule has 0 aromatic carbocycles. The number of rotatable bonds is 8. The molecule has 1 amide bonds. The van der Waals surface area contributed by atoms with E-state index in [9.17, 15) is 14.7 Å². The van der Waals surface area contributed by atoms with Gasteiger partial charge in [0.15, 0.2) is 0 Å². The van der Waals surface area contributed by atoms with Crippen LogP contribution in [-0.2, 0) is 9.59 Å². The number of likely N-dealkylation sites (N-methyl/N-ethyl adjacent to an activating group) is 1. The zero-order valence-corrected chi connectivity index (χ0v) is 11.5. The van der Waals surface area contributed by atoms with Gasteiger partial charge < -0.3 is 21.0 Å². The van der Waals surface area contributed by atoms with E-state index in [1.807, 2.05) is 0 Å². The van der Waals surface area contributed by atoms with Gasteiger partial charge in [0.2, 0.25) is 5.91 Å². The molecule has 0 saturated heterocycles. The highest BCUT2D eigenvalue weighted by Gasteiger charge is 2.15. The zero-order chi connectivity index (χ0) is 12.6. The maximum Gasteiger partial charge on any atom is 0.222 e. The fourth-order valence-corrected chi connectivity index (χ4v) is 1.43. The summed E-state index contributed by atoms with van der Waals surface area (Å²) in [5.41, 5.74) is 0. The number of hydrogen-bond acceptors (Lipinski definition) is 3. The van der Waals surface area contributed by atoms with E-state index in [2.05, 4.69) is 6.92 Å². The van der Waals surface area contributed by atoms with Gasteiger partial charge in [-0.25, -0.2) is 0 Å². The minimum atomic E-state index is -1.21. The molecule has 0 unspecified atom stereocenters. The molecule has 0 radical (unpaired) electrons. The van der Waals surface area contributed by atoms with Crippen LogP contribution in [0.15, 0.2) is 0 Å². The highest BCUT2D eigenvalue weighted by atomic mass is 16.4. The maximum atomic E-state index is 11.6. The van der Waals surface area contributed by atoms with Gasteiger partial charge in [-0.3, -0.25) is 4.79 Å². The summed E-state index contributed by atoms with van der Waals surface area (Å²) < 4.78 is 0. The summed E-state index contributed by atoms with van der Waals surface area (Å²) in [6.07, 6.45) is 5.81. The summed E-state index contributed by atoms with van der Waals surface area (Å²) in [6, 6.07) is -0.844. The van der Waals surface area contributed by atoms with Crippen molar-refractivity contribution in [2.75, 3.05) is 7.05 Å². The van der Waals surface area contributed by atoms with Gasteiger partial charge in [0, 0.05) is 13.5 Å². The van der Waals surface area contributed by atoms with Gasteiger partial charge in [-0.15, -0.1) is 0 Å². The Balaban J connectivity index is 0. The van der Waals surface area contributed by atoms with Crippen LogP contribution in [-0.4, -0.2) is 29.9 Å². The third-order valence-corrected chi connectivity index (χ3v) is 2.81. The van der Waals surface area contributed by atoms with E-state index >= 15 is 0 Å². The number of carbonyl (C=O) groups excluding carboxylic acids is 2. The molecule has 0 aromatic heterocycles. The lowest BCUT2D eigenvalue weighted by molar-refractivity contribution is -0.310. The normalized spacial score (nSPS) is 11.5. The molecule has 4 N–H and O–H groups in total. The van der Waals surface area contributed by atoms with Crippen LogP contribution >= 0.6 is 0 Å². The number of carboxylic acid groups (broad SMARTS) is 1. The number of amides is 1. The van der Waals surface area contributed by atoms with E-state index in [-0.39, 0.29) is 12.1 Å². The van der Waals surface area contributed by atoms with Gasteiger partial charge in [0.05, 0.1) is 12.0 Å². The van der Waals surface area contributed by atoms with Crippen molar-refractivity contribution in [2.24, 2.45) is 0 Å². The largest absolute Gasteiger partial charge is 0.548 e. The first-order chi connectivity index (χ1) is 7.50. The molecule has 0 aliphatic rings. The molecular formula is C12H26N2O3. The molecule has 1 atom stereocenters. The Morgan fingerprint density at radius 1 is 1.18 bits per heavy atom. The molecule has 17 heavy (non-hydrogen) atoms. The van der Waals surface area contributed by atoms with Gasteiger partial charge in [-0.2, -0.15) is 0 Å². The van der Waals surface area contributed by atoms with E-state index in [4.69, 9.17) is 0 Å². The molecule has 5 heteroatoms. The second-order valence-corrected chi connectivity index (χ2v) is 4.16. The lowest BCUT2D eigenvalue weighted by Crippen LogP contribution is -2.46. The Morgan fingerprint density at radius 3 is 2.18 bits per heavy atom. The number of hydrogen-bond donors (Lipinski definition) is 1. The number of aliphatic carboxylic acids is 1. The van der Waals surface area contributed by atoms with Crippen LogP contribution in [0, 0.1) is 0 Å². The number of quaternary nitrogens is 1. The van der Waals surface area contributed by atoms with Gasteiger partial charge >= 0.3 is 0 Å². The molecule has 5 nitrogen and oxygen atoms in total. The van der Waals surface area contributed by atoms with Crippen molar-refractivity contribution in [1.29, 1.82) is 0 Å². The van der Waals surface area contributed by atoms with Crippen LogP contribution in [0.25, 0.3) is 0 Å². The van der Waals surface area contributed by atoms with Gasteiger partial charge in [-0.1, -0.05) is 32.6 Å². The molecule has 0 spiro atoms. The van der Waals surface area contributed by atoms with Crippen LogP contribution < -0.4 is 11.3 Å². The van der Waals surface area contributed by atoms with E-state index in [1.165, 1.54) is 31.7 Å². The Kier molecular flexibility index (Phi) is 10.8. The lowest BCUT2D eigenvalue weighted by atomic mass is 10.1.